The van der Waals surface area contributed by atoms with Crippen molar-refractivity contribution in [3.63, 3.8) is 0 Å². The fourth-order valence-electron chi connectivity index (χ4n) is 2.89. The molecule has 0 N–H and O–H groups in total. The zero-order valence-corrected chi connectivity index (χ0v) is 10.6. The number of ether oxygens (including phenoxy) is 2. The number of benzene rings is 2. The Morgan fingerprint density at radius 2 is 1.75 bits per heavy atom. The molecule has 0 fully saturated rings. The summed E-state index contributed by atoms with van der Waals surface area (Å²) in [6, 6.07) is 9.93. The second-order valence-electron chi connectivity index (χ2n) is 5.02. The molecule has 0 bridgehead atoms. The van der Waals surface area contributed by atoms with Crippen molar-refractivity contribution in [2.45, 2.75) is 12.3 Å². The molecule has 100 valence electrons. The highest BCUT2D eigenvalue weighted by Gasteiger charge is 2.33. The number of hydrogen-bond donors (Lipinski definition) is 0. The van der Waals surface area contributed by atoms with Crippen LogP contribution in [0, 0.1) is 5.82 Å². The van der Waals surface area contributed by atoms with Gasteiger partial charge in [-0.05, 0) is 35.4 Å². The van der Waals surface area contributed by atoms with Gasteiger partial charge in [0.15, 0.2) is 17.3 Å². The van der Waals surface area contributed by atoms with Crippen LogP contribution in [-0.2, 0) is 0 Å². The van der Waals surface area contributed by atoms with E-state index in [0.29, 0.717) is 23.5 Å². The standard InChI is InChI=1S/C16H11FO3/c17-10-3-1-9(2-4-10)11-5-14(18)13-7-16-15(6-12(11)13)19-8-20-16/h1-4,6-7,11H,5,8H2. The molecule has 0 saturated heterocycles. The summed E-state index contributed by atoms with van der Waals surface area (Å²) in [6.45, 7) is 0.188. The summed E-state index contributed by atoms with van der Waals surface area (Å²) in [5.41, 5.74) is 2.56. The first kappa shape index (κ1) is 11.5. The van der Waals surface area contributed by atoms with Crippen LogP contribution in [0.3, 0.4) is 0 Å². The van der Waals surface area contributed by atoms with Crippen molar-refractivity contribution in [2.24, 2.45) is 0 Å². The molecule has 1 atom stereocenters. The highest BCUT2D eigenvalue weighted by atomic mass is 19.1. The summed E-state index contributed by atoms with van der Waals surface area (Å²) in [5, 5.41) is 0. The minimum absolute atomic E-state index is 0.0346. The third-order valence-corrected chi connectivity index (χ3v) is 3.88. The molecule has 2 aliphatic rings. The van der Waals surface area contributed by atoms with Gasteiger partial charge in [-0.1, -0.05) is 12.1 Å². The monoisotopic (exact) mass is 270 g/mol. The second-order valence-corrected chi connectivity index (χ2v) is 5.02. The lowest BCUT2D eigenvalue weighted by atomic mass is 9.93. The van der Waals surface area contributed by atoms with Gasteiger partial charge < -0.3 is 9.47 Å². The van der Waals surface area contributed by atoms with Gasteiger partial charge in [-0.3, -0.25) is 4.79 Å². The van der Waals surface area contributed by atoms with Crippen LogP contribution in [0.15, 0.2) is 36.4 Å². The van der Waals surface area contributed by atoms with Gasteiger partial charge in [0.25, 0.3) is 0 Å². The molecule has 0 radical (unpaired) electrons. The van der Waals surface area contributed by atoms with Gasteiger partial charge >= 0.3 is 0 Å². The summed E-state index contributed by atoms with van der Waals surface area (Å²) in [4.78, 5) is 12.1. The first-order valence-corrected chi connectivity index (χ1v) is 6.44. The van der Waals surface area contributed by atoms with Gasteiger partial charge in [0, 0.05) is 17.9 Å². The van der Waals surface area contributed by atoms with Crippen molar-refractivity contribution in [1.29, 1.82) is 0 Å². The Hall–Kier alpha value is -2.36. The van der Waals surface area contributed by atoms with Gasteiger partial charge in [-0.25, -0.2) is 4.39 Å². The topological polar surface area (TPSA) is 35.5 Å². The van der Waals surface area contributed by atoms with E-state index in [4.69, 9.17) is 9.47 Å². The smallest absolute Gasteiger partial charge is 0.231 e. The molecule has 1 unspecified atom stereocenters. The van der Waals surface area contributed by atoms with Crippen molar-refractivity contribution >= 4 is 5.78 Å². The van der Waals surface area contributed by atoms with E-state index >= 15 is 0 Å². The lowest BCUT2D eigenvalue weighted by Gasteiger charge is -2.11. The summed E-state index contributed by atoms with van der Waals surface area (Å²) in [6.07, 6.45) is 0.407. The van der Waals surface area contributed by atoms with Crippen molar-refractivity contribution in [2.75, 3.05) is 6.79 Å². The number of carbonyl (C=O) groups excluding carboxylic acids is 1. The van der Waals surface area contributed by atoms with E-state index in [9.17, 15) is 9.18 Å². The van der Waals surface area contributed by atoms with E-state index in [-0.39, 0.29) is 24.3 Å². The maximum atomic E-state index is 13.0. The summed E-state index contributed by atoms with van der Waals surface area (Å²) < 4.78 is 23.7. The third-order valence-electron chi connectivity index (χ3n) is 3.88. The minimum Gasteiger partial charge on any atom is -0.454 e. The van der Waals surface area contributed by atoms with Crippen molar-refractivity contribution in [3.05, 3.63) is 58.9 Å². The Morgan fingerprint density at radius 1 is 1.05 bits per heavy atom. The van der Waals surface area contributed by atoms with Crippen molar-refractivity contribution in [3.8, 4) is 11.5 Å². The van der Waals surface area contributed by atoms with E-state index in [1.54, 1.807) is 18.2 Å². The van der Waals surface area contributed by atoms with E-state index in [0.717, 1.165) is 11.1 Å². The molecule has 1 heterocycles. The summed E-state index contributed by atoms with van der Waals surface area (Å²) in [5.74, 6) is 1.08. The zero-order chi connectivity index (χ0) is 13.7. The quantitative estimate of drug-likeness (QED) is 0.797. The van der Waals surface area contributed by atoms with Gasteiger partial charge in [-0.2, -0.15) is 0 Å². The number of hydrogen-bond acceptors (Lipinski definition) is 3. The van der Waals surface area contributed by atoms with Crippen LogP contribution in [0.2, 0.25) is 0 Å². The molecule has 1 aliphatic heterocycles. The molecule has 20 heavy (non-hydrogen) atoms. The molecule has 0 aromatic heterocycles. The lowest BCUT2D eigenvalue weighted by molar-refractivity contribution is 0.0991. The lowest BCUT2D eigenvalue weighted by Crippen LogP contribution is -1.97. The SMILES string of the molecule is O=C1CC(c2ccc(F)cc2)c2cc3c(cc21)OCO3. The maximum Gasteiger partial charge on any atom is 0.231 e. The predicted molar refractivity (Wildman–Crippen MR) is 69.8 cm³/mol. The minimum atomic E-state index is -0.274. The van der Waals surface area contributed by atoms with E-state index in [1.165, 1.54) is 12.1 Å². The molecular formula is C16H11FO3. The molecule has 0 spiro atoms. The number of ketones is 1. The number of halogens is 1. The number of fused-ring (bicyclic) bond motifs is 2. The van der Waals surface area contributed by atoms with Crippen LogP contribution < -0.4 is 9.47 Å². The molecule has 0 amide bonds. The molecule has 4 heteroatoms. The first-order chi connectivity index (χ1) is 9.72. The van der Waals surface area contributed by atoms with E-state index < -0.39 is 0 Å². The number of rotatable bonds is 1. The average Bonchev–Trinajstić information content (AvgIpc) is 3.03. The van der Waals surface area contributed by atoms with Crippen LogP contribution in [0.5, 0.6) is 11.5 Å². The van der Waals surface area contributed by atoms with Crippen LogP contribution in [0.4, 0.5) is 4.39 Å². The Morgan fingerprint density at radius 3 is 2.50 bits per heavy atom. The van der Waals surface area contributed by atoms with E-state index in [2.05, 4.69) is 0 Å². The Kier molecular flexibility index (Phi) is 2.33. The fraction of sp³-hybridized carbons (Fsp3) is 0.188. The highest BCUT2D eigenvalue weighted by Crippen LogP contribution is 2.44. The molecule has 2 aromatic carbocycles. The Labute approximate surface area is 114 Å². The van der Waals surface area contributed by atoms with Crippen molar-refractivity contribution < 1.29 is 18.7 Å². The molecule has 3 nitrogen and oxygen atoms in total. The molecule has 0 saturated carbocycles. The normalized spacial score (nSPS) is 19.2. The van der Waals surface area contributed by atoms with Crippen LogP contribution in [-0.4, -0.2) is 12.6 Å². The molecule has 4 rings (SSSR count). The maximum absolute atomic E-state index is 13.0. The number of carbonyl (C=O) groups is 1. The fourth-order valence-corrected chi connectivity index (χ4v) is 2.89. The summed E-state index contributed by atoms with van der Waals surface area (Å²) in [7, 11) is 0. The summed E-state index contributed by atoms with van der Waals surface area (Å²) >= 11 is 0. The molecule has 2 aromatic rings. The average molecular weight is 270 g/mol. The van der Waals surface area contributed by atoms with Gasteiger partial charge in [-0.15, -0.1) is 0 Å². The Balaban J connectivity index is 1.83. The largest absolute Gasteiger partial charge is 0.454 e. The second kappa shape index (κ2) is 4.07. The number of Topliss-reactive ketones (excluding diaryl/α,β-unsaturated/α-hetero) is 1. The van der Waals surface area contributed by atoms with Gasteiger partial charge in [0.05, 0.1) is 0 Å². The highest BCUT2D eigenvalue weighted by molar-refractivity contribution is 6.02. The molecule has 1 aliphatic carbocycles. The zero-order valence-electron chi connectivity index (χ0n) is 10.6. The van der Waals surface area contributed by atoms with Crippen LogP contribution >= 0.6 is 0 Å². The Bertz CT molecular complexity index is 706. The van der Waals surface area contributed by atoms with Gasteiger partial charge in [0.1, 0.15) is 5.82 Å². The third kappa shape index (κ3) is 1.61. The van der Waals surface area contributed by atoms with Gasteiger partial charge in [0.2, 0.25) is 6.79 Å². The molecular weight excluding hydrogens is 259 g/mol. The first-order valence-electron chi connectivity index (χ1n) is 6.44. The predicted octanol–water partition coefficient (Wildman–Crippen LogP) is 3.27. The van der Waals surface area contributed by atoms with E-state index in [1.807, 2.05) is 6.07 Å². The van der Waals surface area contributed by atoms with Crippen molar-refractivity contribution in [1.82, 2.24) is 0 Å². The van der Waals surface area contributed by atoms with Crippen LogP contribution in [0.25, 0.3) is 0 Å². The van der Waals surface area contributed by atoms with Crippen LogP contribution in [0.1, 0.15) is 33.8 Å².